The maximum absolute atomic E-state index is 6.17. The number of nitrogens with zero attached hydrogens (tertiary/aromatic N) is 4. The fourth-order valence-electron chi connectivity index (χ4n) is 3.10. The van der Waals surface area contributed by atoms with Crippen molar-refractivity contribution in [2.45, 2.75) is 50.7 Å². The van der Waals surface area contributed by atoms with Gasteiger partial charge in [-0.1, -0.05) is 0 Å². The molecule has 94 valence electrons. The lowest BCUT2D eigenvalue weighted by atomic mass is 10.1. The number of nitrogens with two attached hydrogens (primary N) is 1. The fourth-order valence-corrected chi connectivity index (χ4v) is 3.10. The fraction of sp³-hybridized carbons (Fsp3) is 0.833. The Labute approximate surface area is 102 Å². The molecule has 0 bridgehead atoms. The molecule has 0 spiro atoms. The Kier molecular flexibility index (Phi) is 2.88. The third-order valence-corrected chi connectivity index (χ3v) is 4.16. The van der Waals surface area contributed by atoms with E-state index in [-0.39, 0.29) is 6.17 Å². The van der Waals surface area contributed by atoms with Crippen molar-refractivity contribution in [3.8, 4) is 0 Å². The van der Waals surface area contributed by atoms with Crippen LogP contribution in [0.15, 0.2) is 0 Å². The molecule has 5 heteroatoms. The molecule has 0 saturated carbocycles. The van der Waals surface area contributed by atoms with Gasteiger partial charge in [-0.15, -0.1) is 10.2 Å². The second kappa shape index (κ2) is 4.38. The molecule has 1 saturated heterocycles. The second-order valence-corrected chi connectivity index (χ2v) is 5.34. The van der Waals surface area contributed by atoms with Crippen LogP contribution >= 0.6 is 0 Å². The average molecular weight is 235 g/mol. The zero-order chi connectivity index (χ0) is 11.8. The Morgan fingerprint density at radius 3 is 2.94 bits per heavy atom. The van der Waals surface area contributed by atoms with Crippen LogP contribution in [0.4, 0.5) is 0 Å². The van der Waals surface area contributed by atoms with Crippen molar-refractivity contribution in [2.24, 2.45) is 5.73 Å². The highest BCUT2D eigenvalue weighted by atomic mass is 15.3. The van der Waals surface area contributed by atoms with Gasteiger partial charge in [0.2, 0.25) is 0 Å². The standard InChI is InChI=1S/C12H21N5/c1-16-7-3-4-9(16)8-12-15-14-11-6-2-5-10(13)17(11)12/h9-10H,2-8,13H2,1H3. The molecule has 2 N–H and O–H groups in total. The Morgan fingerprint density at radius 1 is 1.29 bits per heavy atom. The highest BCUT2D eigenvalue weighted by molar-refractivity contribution is 5.03. The summed E-state index contributed by atoms with van der Waals surface area (Å²) in [6.07, 6.45) is 6.89. The van der Waals surface area contributed by atoms with Gasteiger partial charge in [0, 0.05) is 18.9 Å². The summed E-state index contributed by atoms with van der Waals surface area (Å²) >= 11 is 0. The molecular formula is C12H21N5. The smallest absolute Gasteiger partial charge is 0.135 e. The molecule has 0 aromatic carbocycles. The van der Waals surface area contributed by atoms with Gasteiger partial charge < -0.3 is 10.6 Å². The van der Waals surface area contributed by atoms with Crippen LogP contribution in [0.5, 0.6) is 0 Å². The minimum absolute atomic E-state index is 0.0930. The lowest BCUT2D eigenvalue weighted by Gasteiger charge is -2.24. The van der Waals surface area contributed by atoms with Crippen molar-refractivity contribution in [3.63, 3.8) is 0 Å². The van der Waals surface area contributed by atoms with Gasteiger partial charge in [-0.25, -0.2) is 0 Å². The van der Waals surface area contributed by atoms with E-state index in [0.29, 0.717) is 6.04 Å². The molecule has 0 radical (unpaired) electrons. The molecule has 2 atom stereocenters. The van der Waals surface area contributed by atoms with Crippen molar-refractivity contribution >= 4 is 0 Å². The van der Waals surface area contributed by atoms with Crippen molar-refractivity contribution < 1.29 is 0 Å². The molecule has 1 fully saturated rings. The molecule has 2 aliphatic heterocycles. The molecule has 0 amide bonds. The number of hydrogen-bond acceptors (Lipinski definition) is 4. The average Bonchev–Trinajstić information content (AvgIpc) is 2.89. The molecule has 2 aliphatic rings. The Hall–Kier alpha value is -0.940. The first kappa shape index (κ1) is 11.2. The van der Waals surface area contributed by atoms with E-state index in [9.17, 15) is 0 Å². The molecule has 5 nitrogen and oxygen atoms in total. The van der Waals surface area contributed by atoms with Crippen LogP contribution in [0.3, 0.4) is 0 Å². The first-order valence-electron chi connectivity index (χ1n) is 6.64. The minimum Gasteiger partial charge on any atom is -0.311 e. The van der Waals surface area contributed by atoms with Gasteiger partial charge >= 0.3 is 0 Å². The second-order valence-electron chi connectivity index (χ2n) is 5.34. The van der Waals surface area contributed by atoms with Crippen molar-refractivity contribution in [3.05, 3.63) is 11.6 Å². The van der Waals surface area contributed by atoms with Gasteiger partial charge in [-0.3, -0.25) is 4.57 Å². The van der Waals surface area contributed by atoms with Crippen LogP contribution in [0.2, 0.25) is 0 Å². The minimum atomic E-state index is 0.0930. The molecule has 3 heterocycles. The first-order valence-corrected chi connectivity index (χ1v) is 6.64. The monoisotopic (exact) mass is 235 g/mol. The molecule has 2 unspecified atom stereocenters. The van der Waals surface area contributed by atoms with Crippen molar-refractivity contribution in [2.75, 3.05) is 13.6 Å². The number of hydrogen-bond donors (Lipinski definition) is 1. The predicted octanol–water partition coefficient (Wildman–Crippen LogP) is 0.708. The largest absolute Gasteiger partial charge is 0.311 e. The maximum Gasteiger partial charge on any atom is 0.135 e. The Balaban J connectivity index is 1.81. The highest BCUT2D eigenvalue weighted by Crippen LogP contribution is 2.24. The third-order valence-electron chi connectivity index (χ3n) is 4.16. The van der Waals surface area contributed by atoms with Crippen LogP contribution in [0, 0.1) is 0 Å². The number of rotatable bonds is 2. The van der Waals surface area contributed by atoms with Crippen LogP contribution in [0.25, 0.3) is 0 Å². The number of likely N-dealkylation sites (N-methyl/N-ethyl adjacent to an activating group) is 1. The molecule has 1 aromatic rings. The summed E-state index contributed by atoms with van der Waals surface area (Å²) in [6.45, 7) is 1.21. The van der Waals surface area contributed by atoms with E-state index in [0.717, 1.165) is 37.3 Å². The topological polar surface area (TPSA) is 60.0 Å². The number of fused-ring (bicyclic) bond motifs is 1. The Bertz CT molecular complexity index is 400. The predicted molar refractivity (Wildman–Crippen MR) is 65.5 cm³/mol. The van der Waals surface area contributed by atoms with Gasteiger partial charge in [0.15, 0.2) is 0 Å². The van der Waals surface area contributed by atoms with Crippen LogP contribution in [-0.2, 0) is 12.8 Å². The first-order chi connectivity index (χ1) is 8.25. The van der Waals surface area contributed by atoms with Gasteiger partial charge in [0.25, 0.3) is 0 Å². The van der Waals surface area contributed by atoms with Crippen LogP contribution < -0.4 is 5.73 Å². The van der Waals surface area contributed by atoms with Gasteiger partial charge in [0.05, 0.1) is 6.17 Å². The van der Waals surface area contributed by atoms with E-state index in [1.54, 1.807) is 0 Å². The van der Waals surface area contributed by atoms with E-state index in [1.807, 2.05) is 0 Å². The van der Waals surface area contributed by atoms with E-state index >= 15 is 0 Å². The SMILES string of the molecule is CN1CCCC1Cc1nnc2n1C(N)CCC2. The molecule has 17 heavy (non-hydrogen) atoms. The Morgan fingerprint density at radius 2 is 2.18 bits per heavy atom. The van der Waals surface area contributed by atoms with Crippen molar-refractivity contribution in [1.29, 1.82) is 0 Å². The quantitative estimate of drug-likeness (QED) is 0.820. The van der Waals surface area contributed by atoms with Crippen LogP contribution in [-0.4, -0.2) is 39.3 Å². The summed E-state index contributed by atoms with van der Waals surface area (Å²) in [4.78, 5) is 2.43. The summed E-state index contributed by atoms with van der Waals surface area (Å²) in [5.74, 6) is 2.17. The normalized spacial score (nSPS) is 29.5. The maximum atomic E-state index is 6.17. The molecule has 0 aliphatic carbocycles. The zero-order valence-electron chi connectivity index (χ0n) is 10.5. The van der Waals surface area contributed by atoms with Crippen molar-refractivity contribution in [1.82, 2.24) is 19.7 Å². The summed E-state index contributed by atoms with van der Waals surface area (Å²) in [5.41, 5.74) is 6.17. The molecule has 1 aromatic heterocycles. The third kappa shape index (κ3) is 1.98. The van der Waals surface area contributed by atoms with Gasteiger partial charge in [-0.2, -0.15) is 0 Å². The highest BCUT2D eigenvalue weighted by Gasteiger charge is 2.27. The summed E-state index contributed by atoms with van der Waals surface area (Å²) in [6, 6.07) is 0.623. The van der Waals surface area contributed by atoms with E-state index in [1.165, 1.54) is 19.4 Å². The zero-order valence-corrected chi connectivity index (χ0v) is 10.5. The number of likely N-dealkylation sites (tertiary alicyclic amines) is 1. The summed E-state index contributed by atoms with van der Waals surface area (Å²) < 4.78 is 2.18. The lowest BCUT2D eigenvalue weighted by Crippen LogP contribution is -2.31. The van der Waals surface area contributed by atoms with Gasteiger partial charge in [0.1, 0.15) is 11.6 Å². The molecule has 3 rings (SSSR count). The van der Waals surface area contributed by atoms with Crippen LogP contribution in [0.1, 0.15) is 43.5 Å². The van der Waals surface area contributed by atoms with Gasteiger partial charge in [-0.05, 0) is 39.3 Å². The van der Waals surface area contributed by atoms with E-state index in [2.05, 4.69) is 26.7 Å². The number of aromatic nitrogens is 3. The molecular weight excluding hydrogens is 214 g/mol. The summed E-state index contributed by atoms with van der Waals surface area (Å²) in [5, 5.41) is 8.64. The number of aryl methyl sites for hydroxylation is 1. The lowest BCUT2D eigenvalue weighted by molar-refractivity contribution is 0.297. The van der Waals surface area contributed by atoms with E-state index < -0.39 is 0 Å². The summed E-state index contributed by atoms with van der Waals surface area (Å²) in [7, 11) is 2.20. The van der Waals surface area contributed by atoms with E-state index in [4.69, 9.17) is 5.73 Å².